The number of carbonyl (C=O) groups is 1. The zero-order chi connectivity index (χ0) is 15.9. The Morgan fingerprint density at radius 2 is 1.86 bits per heavy atom. The topological polar surface area (TPSA) is 41.4 Å². The lowest BCUT2D eigenvalue weighted by atomic mass is 10.0. The molecule has 0 N–H and O–H groups in total. The highest BCUT2D eigenvalue weighted by atomic mass is 16.2. The van der Waals surface area contributed by atoms with Gasteiger partial charge in [0.25, 0.3) is 5.91 Å². The van der Waals surface area contributed by atoms with Crippen LogP contribution in [-0.4, -0.2) is 57.2 Å². The highest BCUT2D eigenvalue weighted by Crippen LogP contribution is 2.31. The Kier molecular flexibility index (Phi) is 4.26. The summed E-state index contributed by atoms with van der Waals surface area (Å²) in [6, 6.07) is 0.933. The fraction of sp³-hybridized carbons (Fsp3) is 0.765. The maximum Gasteiger partial charge on any atom is 0.257 e. The van der Waals surface area contributed by atoms with Gasteiger partial charge in [-0.15, -0.1) is 0 Å². The number of hydrogen-bond donors (Lipinski definition) is 0. The molecule has 2 aliphatic rings. The summed E-state index contributed by atoms with van der Waals surface area (Å²) >= 11 is 0. The minimum absolute atomic E-state index is 0.188. The molecule has 0 bridgehead atoms. The van der Waals surface area contributed by atoms with E-state index in [4.69, 9.17) is 0 Å². The van der Waals surface area contributed by atoms with Gasteiger partial charge in [-0.1, -0.05) is 6.92 Å². The first kappa shape index (κ1) is 15.5. The van der Waals surface area contributed by atoms with Gasteiger partial charge >= 0.3 is 0 Å². The van der Waals surface area contributed by atoms with E-state index in [1.54, 1.807) is 0 Å². The summed E-state index contributed by atoms with van der Waals surface area (Å²) < 4.78 is 1.82. The van der Waals surface area contributed by atoms with Gasteiger partial charge in [0.2, 0.25) is 0 Å². The van der Waals surface area contributed by atoms with Crippen LogP contribution in [0.25, 0.3) is 0 Å². The first-order valence-electron chi connectivity index (χ1n) is 8.59. The van der Waals surface area contributed by atoms with Crippen molar-refractivity contribution in [2.75, 3.05) is 19.6 Å². The number of aromatic nitrogens is 2. The Hall–Kier alpha value is -1.36. The second-order valence-corrected chi connectivity index (χ2v) is 6.72. The third-order valence-electron chi connectivity index (χ3n) is 5.55. The first-order valence-corrected chi connectivity index (χ1v) is 8.59. The van der Waals surface area contributed by atoms with Crippen LogP contribution in [0, 0.1) is 13.8 Å². The molecular weight excluding hydrogens is 276 g/mol. The van der Waals surface area contributed by atoms with Gasteiger partial charge in [-0.3, -0.25) is 14.4 Å². The molecule has 122 valence electrons. The molecule has 5 heteroatoms. The summed E-state index contributed by atoms with van der Waals surface area (Å²) in [7, 11) is 1.91. The molecule has 2 aliphatic heterocycles. The molecule has 1 aromatic rings. The van der Waals surface area contributed by atoms with Gasteiger partial charge in [0, 0.05) is 31.4 Å². The number of aryl methyl sites for hydroxylation is 2. The summed E-state index contributed by atoms with van der Waals surface area (Å²) in [5.74, 6) is 0.188. The van der Waals surface area contributed by atoms with Gasteiger partial charge in [0.1, 0.15) is 0 Å². The van der Waals surface area contributed by atoms with Crippen LogP contribution in [0.5, 0.6) is 0 Å². The van der Waals surface area contributed by atoms with E-state index in [-0.39, 0.29) is 5.91 Å². The Labute approximate surface area is 133 Å². The highest BCUT2D eigenvalue weighted by molar-refractivity contribution is 5.96. The van der Waals surface area contributed by atoms with Crippen LogP contribution < -0.4 is 0 Å². The van der Waals surface area contributed by atoms with Gasteiger partial charge < -0.3 is 4.90 Å². The summed E-state index contributed by atoms with van der Waals surface area (Å²) in [5, 5.41) is 4.42. The zero-order valence-corrected chi connectivity index (χ0v) is 14.3. The van der Waals surface area contributed by atoms with Crippen molar-refractivity contribution >= 4 is 5.91 Å². The molecule has 5 nitrogen and oxygen atoms in total. The van der Waals surface area contributed by atoms with Gasteiger partial charge in [-0.05, 0) is 52.6 Å². The molecule has 0 spiro atoms. The molecule has 0 saturated carbocycles. The van der Waals surface area contributed by atoms with Crippen LogP contribution in [0.1, 0.15) is 54.4 Å². The van der Waals surface area contributed by atoms with Crippen LogP contribution >= 0.6 is 0 Å². The highest BCUT2D eigenvalue weighted by Gasteiger charge is 2.40. The van der Waals surface area contributed by atoms with Crippen LogP contribution in [0.2, 0.25) is 0 Å². The lowest BCUT2D eigenvalue weighted by Gasteiger charge is -2.34. The van der Waals surface area contributed by atoms with E-state index >= 15 is 0 Å². The smallest absolute Gasteiger partial charge is 0.257 e. The van der Waals surface area contributed by atoms with E-state index < -0.39 is 0 Å². The van der Waals surface area contributed by atoms with Crippen molar-refractivity contribution in [2.45, 2.75) is 58.5 Å². The molecule has 0 aliphatic carbocycles. The Balaban J connectivity index is 1.85. The van der Waals surface area contributed by atoms with Crippen LogP contribution in [0.3, 0.4) is 0 Å². The SMILES string of the molecule is CCN1CCC[C@@H]1[C@H]1CCCN1C(=O)c1c(C)nn(C)c1C. The second-order valence-electron chi connectivity index (χ2n) is 6.72. The summed E-state index contributed by atoms with van der Waals surface area (Å²) in [4.78, 5) is 17.8. The number of likely N-dealkylation sites (N-methyl/N-ethyl adjacent to an activating group) is 1. The quantitative estimate of drug-likeness (QED) is 0.859. The van der Waals surface area contributed by atoms with E-state index in [9.17, 15) is 4.79 Å². The Morgan fingerprint density at radius 1 is 1.18 bits per heavy atom. The van der Waals surface area contributed by atoms with Crippen molar-refractivity contribution in [3.05, 3.63) is 17.0 Å². The minimum Gasteiger partial charge on any atom is -0.334 e. The van der Waals surface area contributed by atoms with Gasteiger partial charge in [0.05, 0.1) is 11.3 Å². The van der Waals surface area contributed by atoms with Gasteiger partial charge in [-0.2, -0.15) is 5.10 Å². The fourth-order valence-corrected chi connectivity index (χ4v) is 4.35. The summed E-state index contributed by atoms with van der Waals surface area (Å²) in [6.45, 7) is 9.34. The molecule has 2 saturated heterocycles. The van der Waals surface area contributed by atoms with Gasteiger partial charge in [-0.25, -0.2) is 0 Å². The second kappa shape index (κ2) is 6.03. The predicted octanol–water partition coefficient (Wildman–Crippen LogP) is 2.13. The molecular formula is C17H28N4O. The predicted molar refractivity (Wildman–Crippen MR) is 87.0 cm³/mol. The molecule has 2 atom stereocenters. The van der Waals surface area contributed by atoms with E-state index in [2.05, 4.69) is 21.8 Å². The van der Waals surface area contributed by atoms with Crippen molar-refractivity contribution < 1.29 is 4.79 Å². The van der Waals surface area contributed by atoms with Crippen molar-refractivity contribution in [3.8, 4) is 0 Å². The van der Waals surface area contributed by atoms with Crippen molar-refractivity contribution in [2.24, 2.45) is 7.05 Å². The molecule has 0 radical (unpaired) electrons. The van der Waals surface area contributed by atoms with Crippen LogP contribution in [0.15, 0.2) is 0 Å². The maximum absolute atomic E-state index is 13.1. The number of amides is 1. The molecule has 3 heterocycles. The number of hydrogen-bond acceptors (Lipinski definition) is 3. The largest absolute Gasteiger partial charge is 0.334 e. The van der Waals surface area contributed by atoms with Crippen molar-refractivity contribution in [1.29, 1.82) is 0 Å². The van der Waals surface area contributed by atoms with E-state index in [0.717, 1.165) is 42.9 Å². The molecule has 1 amide bonds. The molecule has 22 heavy (non-hydrogen) atoms. The average Bonchev–Trinajstić information content (AvgIpc) is 3.18. The van der Waals surface area contributed by atoms with Crippen molar-refractivity contribution in [3.63, 3.8) is 0 Å². The van der Waals surface area contributed by atoms with Crippen LogP contribution in [0.4, 0.5) is 0 Å². The molecule has 2 fully saturated rings. The Morgan fingerprint density at radius 3 is 2.50 bits per heavy atom. The summed E-state index contributed by atoms with van der Waals surface area (Å²) in [5.41, 5.74) is 2.65. The van der Waals surface area contributed by atoms with E-state index in [1.165, 1.54) is 19.4 Å². The summed E-state index contributed by atoms with van der Waals surface area (Å²) in [6.07, 6.45) is 4.77. The fourth-order valence-electron chi connectivity index (χ4n) is 4.35. The normalized spacial score (nSPS) is 26.1. The first-order chi connectivity index (χ1) is 10.5. The molecule has 0 aromatic carbocycles. The number of rotatable bonds is 3. The lowest BCUT2D eigenvalue weighted by Crippen LogP contribution is -2.48. The third-order valence-corrected chi connectivity index (χ3v) is 5.55. The molecule has 1 aromatic heterocycles. The maximum atomic E-state index is 13.1. The van der Waals surface area contributed by atoms with Crippen LogP contribution in [-0.2, 0) is 7.05 Å². The number of likely N-dealkylation sites (tertiary alicyclic amines) is 2. The molecule has 0 unspecified atom stereocenters. The zero-order valence-electron chi connectivity index (χ0n) is 14.3. The number of carbonyl (C=O) groups excluding carboxylic acids is 1. The van der Waals surface area contributed by atoms with Gasteiger partial charge in [0.15, 0.2) is 0 Å². The third kappa shape index (κ3) is 2.45. The lowest BCUT2D eigenvalue weighted by molar-refractivity contribution is 0.0648. The monoisotopic (exact) mass is 304 g/mol. The van der Waals surface area contributed by atoms with Crippen molar-refractivity contribution in [1.82, 2.24) is 19.6 Å². The molecule has 3 rings (SSSR count). The van der Waals surface area contributed by atoms with E-state index in [1.807, 2.05) is 25.6 Å². The average molecular weight is 304 g/mol. The Bertz CT molecular complexity index is 565. The minimum atomic E-state index is 0.188. The van der Waals surface area contributed by atoms with E-state index in [0.29, 0.717) is 12.1 Å². The standard InChI is InChI=1S/C17H28N4O/c1-5-20-10-6-8-14(20)15-9-7-11-21(15)17(22)16-12(2)18-19(4)13(16)3/h14-15H,5-11H2,1-4H3/t14-,15-/m1/s1. The number of nitrogens with zero attached hydrogens (tertiary/aromatic N) is 4.